The Morgan fingerprint density at radius 3 is 2.46 bits per heavy atom. The van der Waals surface area contributed by atoms with E-state index in [1.165, 1.54) is 0 Å². The van der Waals surface area contributed by atoms with Crippen molar-refractivity contribution in [3.63, 3.8) is 0 Å². The van der Waals surface area contributed by atoms with Crippen molar-refractivity contribution in [3.8, 4) is 6.07 Å². The van der Waals surface area contributed by atoms with Crippen molar-refractivity contribution in [3.05, 3.63) is 0 Å². The zero-order chi connectivity index (χ0) is 10.5. The first-order valence-electron chi connectivity index (χ1n) is 4.68. The second-order valence-corrected chi connectivity index (χ2v) is 4.16. The predicted molar refractivity (Wildman–Crippen MR) is 53.2 cm³/mol. The summed E-state index contributed by atoms with van der Waals surface area (Å²) in [6, 6.07) is 2.09. The summed E-state index contributed by atoms with van der Waals surface area (Å²) in [6.45, 7) is 7.17. The Kier molecular flexibility index (Phi) is 4.97. The molecule has 0 aromatic rings. The molecule has 0 amide bonds. The van der Waals surface area contributed by atoms with Crippen LogP contribution >= 0.6 is 0 Å². The van der Waals surface area contributed by atoms with Gasteiger partial charge in [0.2, 0.25) is 0 Å². The maximum Gasteiger partial charge on any atom is 0.0768 e. The van der Waals surface area contributed by atoms with Gasteiger partial charge in [-0.3, -0.25) is 0 Å². The minimum atomic E-state index is -0.662. The van der Waals surface area contributed by atoms with Crippen molar-refractivity contribution >= 4 is 0 Å². The lowest BCUT2D eigenvalue weighted by Crippen LogP contribution is -2.43. The first-order valence-corrected chi connectivity index (χ1v) is 4.68. The Hall–Kier alpha value is -0.590. The first-order chi connectivity index (χ1) is 5.90. The Balaban J connectivity index is 3.90. The van der Waals surface area contributed by atoms with E-state index in [4.69, 9.17) is 5.26 Å². The van der Waals surface area contributed by atoms with E-state index in [1.807, 2.05) is 32.7 Å². The van der Waals surface area contributed by atoms with Crippen LogP contribution in [0, 0.1) is 17.2 Å². The van der Waals surface area contributed by atoms with E-state index in [2.05, 4.69) is 6.07 Å². The van der Waals surface area contributed by atoms with E-state index < -0.39 is 5.60 Å². The molecule has 0 aliphatic carbocycles. The van der Waals surface area contributed by atoms with Crippen molar-refractivity contribution in [2.45, 2.75) is 32.8 Å². The molecule has 0 aliphatic heterocycles. The maximum atomic E-state index is 9.94. The quantitative estimate of drug-likeness (QED) is 0.699. The lowest BCUT2D eigenvalue weighted by atomic mass is 9.92. The van der Waals surface area contributed by atoms with Crippen molar-refractivity contribution in [1.82, 2.24) is 4.90 Å². The van der Waals surface area contributed by atoms with Crippen molar-refractivity contribution in [1.29, 1.82) is 5.26 Å². The minimum absolute atomic E-state index is 0.233. The molecule has 76 valence electrons. The van der Waals surface area contributed by atoms with Crippen LogP contribution in [0.5, 0.6) is 0 Å². The fraction of sp³-hybridized carbons (Fsp3) is 0.900. The summed E-state index contributed by atoms with van der Waals surface area (Å²) in [6.07, 6.45) is 0.519. The molecule has 0 bridgehead atoms. The first kappa shape index (κ1) is 12.4. The Bertz CT molecular complexity index is 182. The Labute approximate surface area is 81.0 Å². The molecule has 0 radical (unpaired) electrons. The molecule has 0 heterocycles. The molecule has 3 nitrogen and oxygen atoms in total. The topological polar surface area (TPSA) is 47.3 Å². The van der Waals surface area contributed by atoms with Crippen molar-refractivity contribution < 1.29 is 5.11 Å². The minimum Gasteiger partial charge on any atom is -0.389 e. The van der Waals surface area contributed by atoms with E-state index in [1.54, 1.807) is 0 Å². The molecule has 0 rings (SSSR count). The lowest BCUT2D eigenvalue weighted by Gasteiger charge is -2.32. The highest BCUT2D eigenvalue weighted by Gasteiger charge is 2.25. The summed E-state index contributed by atoms with van der Waals surface area (Å²) < 4.78 is 0. The number of aliphatic hydroxyl groups is 1. The van der Waals surface area contributed by atoms with Gasteiger partial charge in [-0.1, -0.05) is 13.8 Å². The molecule has 0 fully saturated rings. The second-order valence-electron chi connectivity index (χ2n) is 4.16. The van der Waals surface area contributed by atoms with Crippen molar-refractivity contribution in [2.24, 2.45) is 5.92 Å². The van der Waals surface area contributed by atoms with Crippen LogP contribution in [0.4, 0.5) is 0 Å². The van der Waals surface area contributed by atoms with Gasteiger partial charge in [0.25, 0.3) is 0 Å². The summed E-state index contributed by atoms with van der Waals surface area (Å²) in [5.41, 5.74) is -0.662. The lowest BCUT2D eigenvalue weighted by molar-refractivity contribution is -0.0126. The smallest absolute Gasteiger partial charge is 0.0768 e. The fourth-order valence-corrected chi connectivity index (χ4v) is 1.05. The van der Waals surface area contributed by atoms with Gasteiger partial charge in [0.1, 0.15) is 0 Å². The average molecular weight is 184 g/mol. The van der Waals surface area contributed by atoms with Crippen LogP contribution in [0.2, 0.25) is 0 Å². The number of hydrogen-bond acceptors (Lipinski definition) is 3. The summed E-state index contributed by atoms with van der Waals surface area (Å²) in [5, 5.41) is 18.3. The molecule has 3 heteroatoms. The zero-order valence-electron chi connectivity index (χ0n) is 9.04. The van der Waals surface area contributed by atoms with Gasteiger partial charge in [0.05, 0.1) is 11.7 Å². The molecular formula is C10H20N2O. The van der Waals surface area contributed by atoms with E-state index in [0.29, 0.717) is 13.0 Å². The monoisotopic (exact) mass is 184 g/mol. The van der Waals surface area contributed by atoms with Gasteiger partial charge >= 0.3 is 0 Å². The highest BCUT2D eigenvalue weighted by atomic mass is 16.3. The molecule has 0 aromatic heterocycles. The third kappa shape index (κ3) is 4.87. The zero-order valence-corrected chi connectivity index (χ0v) is 9.04. The van der Waals surface area contributed by atoms with Crippen LogP contribution in [0.1, 0.15) is 27.2 Å². The molecule has 0 saturated carbocycles. The van der Waals surface area contributed by atoms with E-state index >= 15 is 0 Å². The van der Waals surface area contributed by atoms with Crippen LogP contribution in [-0.4, -0.2) is 35.7 Å². The van der Waals surface area contributed by atoms with Gasteiger partial charge < -0.3 is 10.0 Å². The molecule has 1 atom stereocenters. The van der Waals surface area contributed by atoms with Crippen molar-refractivity contribution in [2.75, 3.05) is 20.1 Å². The number of rotatable bonds is 5. The third-order valence-electron chi connectivity index (χ3n) is 2.44. The van der Waals surface area contributed by atoms with Crippen LogP contribution in [-0.2, 0) is 0 Å². The summed E-state index contributed by atoms with van der Waals surface area (Å²) >= 11 is 0. The molecule has 0 saturated heterocycles. The van der Waals surface area contributed by atoms with Crippen LogP contribution < -0.4 is 0 Å². The molecule has 0 spiro atoms. The van der Waals surface area contributed by atoms with E-state index in [9.17, 15) is 5.11 Å². The maximum absolute atomic E-state index is 9.94. The van der Waals surface area contributed by atoms with E-state index in [-0.39, 0.29) is 5.92 Å². The highest BCUT2D eigenvalue weighted by molar-refractivity contribution is 4.81. The number of likely N-dealkylation sites (N-methyl/N-ethyl adjacent to an activating group) is 1. The van der Waals surface area contributed by atoms with Gasteiger partial charge in [-0.25, -0.2) is 0 Å². The van der Waals surface area contributed by atoms with Gasteiger partial charge in [0, 0.05) is 19.5 Å². The molecular weight excluding hydrogens is 164 g/mol. The highest BCUT2D eigenvalue weighted by Crippen LogP contribution is 2.16. The number of nitriles is 1. The normalized spacial score (nSPS) is 15.8. The predicted octanol–water partition coefficient (Wildman–Crippen LogP) is 1.24. The summed E-state index contributed by atoms with van der Waals surface area (Å²) in [5.74, 6) is 0.233. The Morgan fingerprint density at radius 2 is 2.08 bits per heavy atom. The van der Waals surface area contributed by atoms with Gasteiger partial charge in [-0.05, 0) is 19.9 Å². The summed E-state index contributed by atoms with van der Waals surface area (Å²) in [4.78, 5) is 1.99. The molecule has 0 aromatic carbocycles. The number of nitrogens with zero attached hydrogens (tertiary/aromatic N) is 2. The molecule has 1 N–H and O–H groups in total. The summed E-state index contributed by atoms with van der Waals surface area (Å²) in [7, 11) is 1.92. The second kappa shape index (κ2) is 5.21. The number of hydrogen-bond donors (Lipinski definition) is 1. The van der Waals surface area contributed by atoms with Gasteiger partial charge in [0.15, 0.2) is 0 Å². The van der Waals surface area contributed by atoms with Crippen LogP contribution in [0.15, 0.2) is 0 Å². The Morgan fingerprint density at radius 1 is 1.54 bits per heavy atom. The molecule has 13 heavy (non-hydrogen) atoms. The van der Waals surface area contributed by atoms with Gasteiger partial charge in [-0.2, -0.15) is 5.26 Å². The largest absolute Gasteiger partial charge is 0.389 e. The fourth-order valence-electron chi connectivity index (χ4n) is 1.05. The average Bonchev–Trinajstić information content (AvgIpc) is 1.99. The standard InChI is InChI=1S/C10H20N2O/c1-9(2)10(3,13)8-12(4)7-5-6-11/h9,13H,5,7-8H2,1-4H3. The van der Waals surface area contributed by atoms with Gasteiger partial charge in [-0.15, -0.1) is 0 Å². The molecule has 0 aliphatic rings. The van der Waals surface area contributed by atoms with Crippen LogP contribution in [0.3, 0.4) is 0 Å². The van der Waals surface area contributed by atoms with E-state index in [0.717, 1.165) is 6.54 Å². The molecule has 1 unspecified atom stereocenters. The third-order valence-corrected chi connectivity index (χ3v) is 2.44. The van der Waals surface area contributed by atoms with Crippen LogP contribution in [0.25, 0.3) is 0 Å². The SMILES string of the molecule is CC(C)C(C)(O)CN(C)CCC#N.